The van der Waals surface area contributed by atoms with E-state index in [1.165, 1.54) is 16.2 Å². The van der Waals surface area contributed by atoms with Gasteiger partial charge < -0.3 is 44.5 Å². The Morgan fingerprint density at radius 1 is 1.09 bits per heavy atom. The van der Waals surface area contributed by atoms with Crippen molar-refractivity contribution < 1.29 is 42.6 Å². The third-order valence-electron chi connectivity index (χ3n) is 11.3. The summed E-state index contributed by atoms with van der Waals surface area (Å²) < 4.78 is 37.1. The van der Waals surface area contributed by atoms with Crippen molar-refractivity contribution in [3.8, 4) is 22.9 Å². The summed E-state index contributed by atoms with van der Waals surface area (Å²) in [6, 6.07) is 5.43. The molecule has 3 fully saturated rings. The van der Waals surface area contributed by atoms with Crippen molar-refractivity contribution >= 4 is 52.9 Å². The fourth-order valence-electron chi connectivity index (χ4n) is 8.26. The van der Waals surface area contributed by atoms with Gasteiger partial charge in [-0.05, 0) is 84.3 Å². The van der Waals surface area contributed by atoms with Crippen LogP contribution in [0.5, 0.6) is 11.5 Å². The number of benzene rings is 1. The Morgan fingerprint density at radius 3 is 2.64 bits per heavy atom. The highest BCUT2D eigenvalue weighted by Crippen LogP contribution is 2.70. The van der Waals surface area contributed by atoms with Crippen LogP contribution in [0.4, 0.5) is 9.93 Å². The van der Waals surface area contributed by atoms with Gasteiger partial charge in [-0.2, -0.15) is 0 Å². The number of carbonyl (C=O) groups is 3. The van der Waals surface area contributed by atoms with Crippen LogP contribution >= 0.6 is 18.9 Å². The Bertz CT molecular complexity index is 2060. The molecule has 4 N–H and O–H groups in total. The summed E-state index contributed by atoms with van der Waals surface area (Å²) in [5.41, 5.74) is 1.82. The lowest BCUT2D eigenvalue weighted by molar-refractivity contribution is -0.140. The van der Waals surface area contributed by atoms with Crippen LogP contribution in [0.25, 0.3) is 22.3 Å². The molecule has 0 radical (unpaired) electrons. The molecule has 2 aliphatic heterocycles. The van der Waals surface area contributed by atoms with E-state index in [9.17, 15) is 23.8 Å². The predicted molar refractivity (Wildman–Crippen MR) is 221 cm³/mol. The van der Waals surface area contributed by atoms with E-state index in [2.05, 4.69) is 16.0 Å². The first-order valence-corrected chi connectivity index (χ1v) is 23.0. The quantitative estimate of drug-likeness (QED) is 0.113. The molecule has 1 saturated heterocycles. The zero-order chi connectivity index (χ0) is 41.0. The summed E-state index contributed by atoms with van der Waals surface area (Å²) in [4.78, 5) is 64.7. The average molecular weight is 839 g/mol. The third kappa shape index (κ3) is 9.30. The highest BCUT2D eigenvalue weighted by atomic mass is 32.1. The Hall–Kier alpha value is -4.24. The maximum Gasteiger partial charge on any atom is 0.408 e. The number of amides is 3. The minimum Gasteiger partial charge on any atom is -0.497 e. The second-order valence-corrected chi connectivity index (χ2v) is 18.9. The first kappa shape index (κ1) is 41.9. The molecule has 58 heavy (non-hydrogen) atoms. The normalized spacial score (nSPS) is 27.1. The van der Waals surface area contributed by atoms with Gasteiger partial charge in [-0.15, -0.1) is 11.3 Å². The molecule has 6 atom stereocenters. The number of methoxy groups -OCH3 is 1. The minimum atomic E-state index is -4.34. The van der Waals surface area contributed by atoms with Crippen molar-refractivity contribution in [2.45, 2.75) is 127 Å². The Labute approximate surface area is 343 Å². The molecule has 1 unspecified atom stereocenters. The summed E-state index contributed by atoms with van der Waals surface area (Å²) in [6.45, 7) is 5.71. The molecule has 2 aromatic heterocycles. The first-order chi connectivity index (χ1) is 27.9. The van der Waals surface area contributed by atoms with Crippen molar-refractivity contribution in [3.05, 3.63) is 41.8 Å². The van der Waals surface area contributed by atoms with Crippen LogP contribution in [-0.2, 0) is 23.4 Å². The van der Waals surface area contributed by atoms with Gasteiger partial charge in [0.05, 0.1) is 31.5 Å². The lowest BCUT2D eigenvalue weighted by Crippen LogP contribution is -2.55. The Kier molecular flexibility index (Phi) is 13.0. The fraction of sp³-hybridized carbons (Fsp3) is 0.585. The van der Waals surface area contributed by atoms with Crippen LogP contribution in [0.2, 0.25) is 0 Å². The summed E-state index contributed by atoms with van der Waals surface area (Å²) >= 11 is 1.47. The number of carbonyl (C=O) groups excluding carboxylic acids is 3. The van der Waals surface area contributed by atoms with Gasteiger partial charge in [-0.3, -0.25) is 14.2 Å². The Morgan fingerprint density at radius 2 is 1.88 bits per heavy atom. The van der Waals surface area contributed by atoms with E-state index in [0.29, 0.717) is 46.6 Å². The SMILES string of the molecule is CCOP(=O)(O)[C@@]12C[C@H]1/C=C\CCCCC[C@H](NC(=O)OC1CCCC1)C(=O)N1C[C@H](Oc3cc(-c4csc(NC(C)C)n4)nc4cc(OC)ccc34)C[C@H]1C(=O)N2. The minimum absolute atomic E-state index is 0.0136. The van der Waals surface area contributed by atoms with Crippen LogP contribution in [0.1, 0.15) is 91.4 Å². The van der Waals surface area contributed by atoms with E-state index < -0.39 is 54.9 Å². The summed E-state index contributed by atoms with van der Waals surface area (Å²) in [5, 5.41) is 10.9. The van der Waals surface area contributed by atoms with E-state index in [1.54, 1.807) is 14.0 Å². The van der Waals surface area contributed by atoms with Crippen molar-refractivity contribution in [1.82, 2.24) is 25.5 Å². The molecule has 2 aliphatic carbocycles. The number of anilines is 1. The number of ether oxygens (including phenoxy) is 3. The molecule has 17 heteroatoms. The van der Waals surface area contributed by atoms with Crippen molar-refractivity contribution in [2.24, 2.45) is 5.92 Å². The van der Waals surface area contributed by atoms with E-state index in [0.717, 1.165) is 50.1 Å². The number of nitrogens with one attached hydrogen (secondary N) is 3. The van der Waals surface area contributed by atoms with Gasteiger partial charge in [0.1, 0.15) is 46.8 Å². The summed E-state index contributed by atoms with van der Waals surface area (Å²) in [7, 11) is -2.76. The molecule has 2 saturated carbocycles. The number of rotatable bonds is 11. The van der Waals surface area contributed by atoms with Crippen LogP contribution in [0.3, 0.4) is 0 Å². The highest BCUT2D eigenvalue weighted by molar-refractivity contribution is 7.55. The van der Waals surface area contributed by atoms with E-state index >= 15 is 0 Å². The number of allylic oxidation sites excluding steroid dienone is 1. The van der Waals surface area contributed by atoms with Gasteiger partial charge in [0.2, 0.25) is 11.8 Å². The molecular formula is C41H55N6O9PS. The molecule has 0 bridgehead atoms. The molecule has 3 amide bonds. The van der Waals surface area contributed by atoms with Gasteiger partial charge in [0.15, 0.2) is 5.13 Å². The first-order valence-electron chi connectivity index (χ1n) is 20.5. The van der Waals surface area contributed by atoms with Crippen LogP contribution < -0.4 is 25.4 Å². The van der Waals surface area contributed by atoms with Crippen molar-refractivity contribution in [2.75, 3.05) is 25.6 Å². The number of fused-ring (bicyclic) bond motifs is 3. The van der Waals surface area contributed by atoms with Gasteiger partial charge in [-0.25, -0.2) is 14.8 Å². The zero-order valence-corrected chi connectivity index (χ0v) is 35.3. The molecular weight excluding hydrogens is 784 g/mol. The summed E-state index contributed by atoms with van der Waals surface area (Å²) in [6.07, 6.45) is 9.51. The molecule has 7 rings (SSSR count). The van der Waals surface area contributed by atoms with Crippen LogP contribution in [-0.4, -0.2) is 93.5 Å². The number of nitrogens with zero attached hydrogens (tertiary/aromatic N) is 3. The standard InChI is InChI=1S/C41H55N6O9PS/c1-5-54-57(51,52)41-22-26(41)13-9-7-6-8-10-16-31(45-40(50)56-27-14-11-12-15-27)38(49)47-23-29(20-35(47)37(48)46-41)55-36-21-33(34-24-58-39(44-34)42-25(2)3)43-32-19-28(53-4)17-18-30(32)36/h9,13,17-19,21,24-27,29,31,35H,5-8,10-12,14-16,20,22-23H2,1-4H3,(H,42,44)(H,45,50)(H,46,48)(H,51,52)/b13-9-/t26-,29-,31+,35+,41+/m1/s1. The van der Waals surface area contributed by atoms with Gasteiger partial charge >= 0.3 is 13.7 Å². The highest BCUT2D eigenvalue weighted by Gasteiger charge is 2.67. The molecule has 314 valence electrons. The second kappa shape index (κ2) is 17.9. The average Bonchev–Trinajstić information content (AvgIpc) is 3.60. The molecule has 4 heterocycles. The van der Waals surface area contributed by atoms with E-state index in [4.69, 9.17) is 28.7 Å². The maximum atomic E-state index is 14.7. The monoisotopic (exact) mass is 838 g/mol. The van der Waals surface area contributed by atoms with E-state index in [1.807, 2.05) is 55.6 Å². The number of hydrogen-bond acceptors (Lipinski definition) is 12. The Balaban J connectivity index is 1.22. The second-order valence-electron chi connectivity index (χ2n) is 15.9. The fourth-order valence-corrected chi connectivity index (χ4v) is 10.9. The number of aromatic nitrogens is 2. The topological polar surface area (TPSA) is 191 Å². The third-order valence-corrected chi connectivity index (χ3v) is 14.3. The lowest BCUT2D eigenvalue weighted by atomic mass is 10.0. The maximum absolute atomic E-state index is 14.7. The van der Waals surface area contributed by atoms with Crippen molar-refractivity contribution in [3.63, 3.8) is 0 Å². The molecule has 3 aromatic rings. The zero-order valence-electron chi connectivity index (χ0n) is 33.6. The van der Waals surface area contributed by atoms with Gasteiger partial charge in [0, 0.05) is 41.3 Å². The van der Waals surface area contributed by atoms with Crippen molar-refractivity contribution in [1.29, 1.82) is 0 Å². The number of alkyl carbamates (subject to hydrolysis) is 1. The van der Waals surface area contributed by atoms with E-state index in [-0.39, 0.29) is 38.1 Å². The molecule has 1 aromatic carbocycles. The van der Waals surface area contributed by atoms with Crippen LogP contribution in [0, 0.1) is 5.92 Å². The number of thiazole rings is 1. The van der Waals surface area contributed by atoms with Gasteiger partial charge in [-0.1, -0.05) is 25.0 Å². The van der Waals surface area contributed by atoms with Gasteiger partial charge in [0.25, 0.3) is 0 Å². The smallest absolute Gasteiger partial charge is 0.408 e. The molecule has 4 aliphatic rings. The molecule has 0 spiro atoms. The summed E-state index contributed by atoms with van der Waals surface area (Å²) in [5.74, 6) is -0.368. The molecule has 15 nitrogen and oxygen atoms in total. The number of hydrogen-bond donors (Lipinski definition) is 4. The number of pyridine rings is 1. The predicted octanol–water partition coefficient (Wildman–Crippen LogP) is 7.15. The lowest BCUT2D eigenvalue weighted by Gasteiger charge is -2.31. The van der Waals surface area contributed by atoms with Crippen LogP contribution in [0.15, 0.2) is 41.8 Å². The largest absolute Gasteiger partial charge is 0.497 e.